The highest BCUT2D eigenvalue weighted by Gasteiger charge is 2.31. The molecule has 1 unspecified atom stereocenters. The Hall–Kier alpha value is -1.91. The largest absolute Gasteiger partial charge is 0.469 e. The molecule has 1 fully saturated rings. The molecule has 1 aromatic rings. The van der Waals surface area contributed by atoms with Crippen molar-refractivity contribution in [2.45, 2.75) is 12.8 Å². The van der Waals surface area contributed by atoms with Gasteiger partial charge in [-0.15, -0.1) is 0 Å². The summed E-state index contributed by atoms with van der Waals surface area (Å²) in [6.07, 6.45) is 0.871. The second kappa shape index (κ2) is 5.82. The SMILES string of the molecule is COC(=O)C1CCN(C(=O)Cc2ccc(F)cc2)C1. The van der Waals surface area contributed by atoms with Crippen LogP contribution in [0.2, 0.25) is 0 Å². The number of hydrogen-bond acceptors (Lipinski definition) is 3. The van der Waals surface area contributed by atoms with Crippen molar-refractivity contribution < 1.29 is 18.7 Å². The maximum absolute atomic E-state index is 12.8. The summed E-state index contributed by atoms with van der Waals surface area (Å²) in [5, 5.41) is 0. The molecule has 1 heterocycles. The zero-order chi connectivity index (χ0) is 13.8. The van der Waals surface area contributed by atoms with E-state index in [4.69, 9.17) is 0 Å². The topological polar surface area (TPSA) is 46.6 Å². The average molecular weight is 265 g/mol. The minimum Gasteiger partial charge on any atom is -0.469 e. The van der Waals surface area contributed by atoms with E-state index >= 15 is 0 Å². The third-order valence-electron chi connectivity index (χ3n) is 3.34. The fourth-order valence-corrected chi connectivity index (χ4v) is 2.23. The summed E-state index contributed by atoms with van der Waals surface area (Å²) in [7, 11) is 1.35. The molecule has 1 aliphatic heterocycles. The summed E-state index contributed by atoms with van der Waals surface area (Å²) < 4.78 is 17.4. The third kappa shape index (κ3) is 3.30. The van der Waals surface area contributed by atoms with Gasteiger partial charge in [-0.2, -0.15) is 0 Å². The van der Waals surface area contributed by atoms with Crippen molar-refractivity contribution in [3.8, 4) is 0 Å². The van der Waals surface area contributed by atoms with Crippen LogP contribution in [0.4, 0.5) is 4.39 Å². The maximum Gasteiger partial charge on any atom is 0.310 e. The molecule has 0 saturated carbocycles. The predicted molar refractivity (Wildman–Crippen MR) is 66.8 cm³/mol. The number of halogens is 1. The van der Waals surface area contributed by atoms with Gasteiger partial charge in [0.15, 0.2) is 0 Å². The van der Waals surface area contributed by atoms with Gasteiger partial charge in [0.1, 0.15) is 5.82 Å². The summed E-state index contributed by atoms with van der Waals surface area (Å²) in [4.78, 5) is 25.1. The van der Waals surface area contributed by atoms with Crippen LogP contribution in [0.5, 0.6) is 0 Å². The number of amides is 1. The van der Waals surface area contributed by atoms with Crippen LogP contribution in [0.1, 0.15) is 12.0 Å². The number of carbonyl (C=O) groups is 2. The first-order valence-corrected chi connectivity index (χ1v) is 6.20. The van der Waals surface area contributed by atoms with Gasteiger partial charge >= 0.3 is 5.97 Å². The first-order chi connectivity index (χ1) is 9.10. The van der Waals surface area contributed by atoms with Crippen LogP contribution in [0.25, 0.3) is 0 Å². The average Bonchev–Trinajstić information content (AvgIpc) is 2.90. The molecule has 0 aromatic heterocycles. The first-order valence-electron chi connectivity index (χ1n) is 6.20. The quantitative estimate of drug-likeness (QED) is 0.776. The Kier molecular flexibility index (Phi) is 4.14. The van der Waals surface area contributed by atoms with Crippen LogP contribution in [-0.4, -0.2) is 37.0 Å². The Morgan fingerprint density at radius 2 is 2.05 bits per heavy atom. The fourth-order valence-electron chi connectivity index (χ4n) is 2.23. The van der Waals surface area contributed by atoms with Crippen molar-refractivity contribution in [1.29, 1.82) is 0 Å². The molecule has 0 bridgehead atoms. The van der Waals surface area contributed by atoms with Gasteiger partial charge in [-0.3, -0.25) is 9.59 Å². The number of ether oxygens (including phenoxy) is 1. The highest BCUT2D eigenvalue weighted by Crippen LogP contribution is 2.18. The van der Waals surface area contributed by atoms with Gasteiger partial charge in [0.2, 0.25) is 5.91 Å². The first kappa shape index (κ1) is 13.5. The zero-order valence-corrected chi connectivity index (χ0v) is 10.8. The monoisotopic (exact) mass is 265 g/mol. The molecule has 1 amide bonds. The smallest absolute Gasteiger partial charge is 0.310 e. The molecule has 1 aliphatic rings. The lowest BCUT2D eigenvalue weighted by molar-refractivity contribution is -0.145. The van der Waals surface area contributed by atoms with Crippen molar-refractivity contribution >= 4 is 11.9 Å². The van der Waals surface area contributed by atoms with Gasteiger partial charge in [-0.25, -0.2) is 4.39 Å². The lowest BCUT2D eigenvalue weighted by Gasteiger charge is -2.16. The number of hydrogen-bond donors (Lipinski definition) is 0. The number of nitrogens with zero attached hydrogens (tertiary/aromatic N) is 1. The highest BCUT2D eigenvalue weighted by atomic mass is 19.1. The van der Waals surface area contributed by atoms with Crippen molar-refractivity contribution in [1.82, 2.24) is 4.90 Å². The third-order valence-corrected chi connectivity index (χ3v) is 3.34. The minimum absolute atomic E-state index is 0.0435. The summed E-state index contributed by atoms with van der Waals surface area (Å²) in [6, 6.07) is 5.87. The van der Waals surface area contributed by atoms with Crippen LogP contribution in [0, 0.1) is 11.7 Å². The Bertz CT molecular complexity index is 472. The number of carbonyl (C=O) groups excluding carboxylic acids is 2. The molecule has 0 N–H and O–H groups in total. The van der Waals surface area contributed by atoms with Gasteiger partial charge in [-0.05, 0) is 24.1 Å². The Labute approximate surface area is 111 Å². The fraction of sp³-hybridized carbons (Fsp3) is 0.429. The van der Waals surface area contributed by atoms with Gasteiger partial charge in [-0.1, -0.05) is 12.1 Å². The number of likely N-dealkylation sites (tertiary alicyclic amines) is 1. The van der Waals surface area contributed by atoms with E-state index in [2.05, 4.69) is 4.74 Å². The molecule has 2 rings (SSSR count). The number of benzene rings is 1. The minimum atomic E-state index is -0.317. The Morgan fingerprint density at radius 3 is 2.68 bits per heavy atom. The zero-order valence-electron chi connectivity index (χ0n) is 10.8. The van der Waals surface area contributed by atoms with Gasteiger partial charge in [0.05, 0.1) is 19.4 Å². The lowest BCUT2D eigenvalue weighted by atomic mass is 10.1. The summed E-state index contributed by atoms with van der Waals surface area (Å²) in [5.74, 6) is -0.847. The number of rotatable bonds is 3. The maximum atomic E-state index is 12.8. The van der Waals surface area contributed by atoms with Crippen molar-refractivity contribution in [3.05, 3.63) is 35.6 Å². The molecule has 102 valence electrons. The van der Waals surface area contributed by atoms with Gasteiger partial charge in [0, 0.05) is 13.1 Å². The molecule has 1 atom stereocenters. The summed E-state index contributed by atoms with van der Waals surface area (Å²) in [5.41, 5.74) is 0.771. The molecule has 4 nitrogen and oxygen atoms in total. The van der Waals surface area contributed by atoms with E-state index in [1.807, 2.05) is 0 Å². The number of methoxy groups -OCH3 is 1. The molecule has 5 heteroatoms. The summed E-state index contributed by atoms with van der Waals surface area (Å²) >= 11 is 0. The molecule has 0 radical (unpaired) electrons. The number of esters is 1. The van der Waals surface area contributed by atoms with Crippen LogP contribution >= 0.6 is 0 Å². The molecule has 1 saturated heterocycles. The molecule has 0 aliphatic carbocycles. The highest BCUT2D eigenvalue weighted by molar-refractivity contribution is 5.81. The molecule has 0 spiro atoms. The van der Waals surface area contributed by atoms with E-state index in [1.165, 1.54) is 19.2 Å². The Balaban J connectivity index is 1.91. The van der Waals surface area contributed by atoms with Crippen molar-refractivity contribution in [3.63, 3.8) is 0 Å². The normalized spacial score (nSPS) is 18.4. The van der Waals surface area contributed by atoms with E-state index in [9.17, 15) is 14.0 Å². The standard InChI is InChI=1S/C14H16FNO3/c1-19-14(18)11-6-7-16(9-11)13(17)8-10-2-4-12(15)5-3-10/h2-5,11H,6-9H2,1H3. The van der Waals surface area contributed by atoms with E-state index in [-0.39, 0.29) is 30.0 Å². The van der Waals surface area contributed by atoms with Crippen molar-refractivity contribution in [2.75, 3.05) is 20.2 Å². The second-order valence-electron chi connectivity index (χ2n) is 4.65. The molecule has 1 aromatic carbocycles. The van der Waals surface area contributed by atoms with E-state index in [0.29, 0.717) is 19.5 Å². The Morgan fingerprint density at radius 1 is 1.37 bits per heavy atom. The van der Waals surface area contributed by atoms with E-state index < -0.39 is 0 Å². The van der Waals surface area contributed by atoms with Crippen LogP contribution < -0.4 is 0 Å². The lowest BCUT2D eigenvalue weighted by Crippen LogP contribution is -2.31. The molecule has 19 heavy (non-hydrogen) atoms. The van der Waals surface area contributed by atoms with E-state index in [0.717, 1.165) is 5.56 Å². The summed E-state index contributed by atoms with van der Waals surface area (Å²) in [6.45, 7) is 0.979. The van der Waals surface area contributed by atoms with Gasteiger partial charge in [0.25, 0.3) is 0 Å². The van der Waals surface area contributed by atoms with E-state index in [1.54, 1.807) is 17.0 Å². The molecular weight excluding hydrogens is 249 g/mol. The van der Waals surface area contributed by atoms with Crippen molar-refractivity contribution in [2.24, 2.45) is 5.92 Å². The van der Waals surface area contributed by atoms with Gasteiger partial charge < -0.3 is 9.64 Å². The second-order valence-corrected chi connectivity index (χ2v) is 4.65. The van der Waals surface area contributed by atoms with Crippen LogP contribution in [-0.2, 0) is 20.7 Å². The van der Waals surface area contributed by atoms with Crippen LogP contribution in [0.3, 0.4) is 0 Å². The predicted octanol–water partition coefficient (Wildman–Crippen LogP) is 1.39. The van der Waals surface area contributed by atoms with Crippen LogP contribution in [0.15, 0.2) is 24.3 Å². The molecular formula is C14H16FNO3.